The second-order valence-electron chi connectivity index (χ2n) is 3.80. The molecule has 1 atom stereocenters. The van der Waals surface area contributed by atoms with Crippen molar-refractivity contribution in [2.75, 3.05) is 0 Å². The van der Waals surface area contributed by atoms with E-state index in [1.807, 2.05) is 25.1 Å². The van der Waals surface area contributed by atoms with Crippen LogP contribution >= 0.6 is 23.4 Å². The Morgan fingerprint density at radius 2 is 2.11 bits per heavy atom. The molecule has 0 N–H and O–H groups in total. The van der Waals surface area contributed by atoms with Crippen LogP contribution < -0.4 is 0 Å². The van der Waals surface area contributed by atoms with E-state index in [0.717, 1.165) is 5.03 Å². The molecule has 2 nitrogen and oxygen atoms in total. The summed E-state index contributed by atoms with van der Waals surface area (Å²) in [4.78, 5) is 16.4. The number of Topliss-reactive ketones (excluding diaryl/α,β-unsaturated/α-hetero) is 1. The summed E-state index contributed by atoms with van der Waals surface area (Å²) in [5, 5.41) is 1.25. The van der Waals surface area contributed by atoms with Crippen LogP contribution in [-0.2, 0) is 0 Å². The Morgan fingerprint density at radius 1 is 1.28 bits per heavy atom. The Balaban J connectivity index is 2.10. The Kier molecular flexibility index (Phi) is 4.39. The lowest BCUT2D eigenvalue weighted by Gasteiger charge is -2.09. The van der Waals surface area contributed by atoms with Gasteiger partial charge in [0.05, 0.1) is 10.3 Å². The van der Waals surface area contributed by atoms with E-state index in [9.17, 15) is 4.79 Å². The molecule has 0 spiro atoms. The maximum atomic E-state index is 12.2. The van der Waals surface area contributed by atoms with Crippen molar-refractivity contribution in [2.24, 2.45) is 0 Å². The van der Waals surface area contributed by atoms with Gasteiger partial charge in [0.25, 0.3) is 0 Å². The number of hydrogen-bond acceptors (Lipinski definition) is 3. The summed E-state index contributed by atoms with van der Waals surface area (Å²) < 4.78 is 0. The van der Waals surface area contributed by atoms with Crippen LogP contribution in [0.3, 0.4) is 0 Å². The van der Waals surface area contributed by atoms with E-state index in [0.29, 0.717) is 10.6 Å². The number of nitrogens with zero attached hydrogens (tertiary/aromatic N) is 1. The highest BCUT2D eigenvalue weighted by atomic mass is 35.5. The summed E-state index contributed by atoms with van der Waals surface area (Å²) in [5.41, 5.74) is 0.637. The third-order valence-corrected chi connectivity index (χ3v) is 3.70. The molecule has 1 heterocycles. The van der Waals surface area contributed by atoms with Gasteiger partial charge in [-0.1, -0.05) is 41.6 Å². The number of ketones is 1. The van der Waals surface area contributed by atoms with Crippen LogP contribution in [0.5, 0.6) is 0 Å². The van der Waals surface area contributed by atoms with Crippen molar-refractivity contribution in [1.82, 2.24) is 4.98 Å². The quantitative estimate of drug-likeness (QED) is 0.623. The summed E-state index contributed by atoms with van der Waals surface area (Å²) in [5.74, 6) is 0.0631. The number of halogens is 1. The normalized spacial score (nSPS) is 12.1. The van der Waals surface area contributed by atoms with Crippen molar-refractivity contribution < 1.29 is 4.79 Å². The Bertz CT molecular complexity index is 545. The van der Waals surface area contributed by atoms with Gasteiger partial charge >= 0.3 is 0 Å². The van der Waals surface area contributed by atoms with Gasteiger partial charge in [-0.2, -0.15) is 0 Å². The molecule has 0 radical (unpaired) electrons. The number of aromatic nitrogens is 1. The summed E-state index contributed by atoms with van der Waals surface area (Å²) in [6.45, 7) is 1.88. The largest absolute Gasteiger partial charge is 0.293 e. The lowest BCUT2D eigenvalue weighted by molar-refractivity contribution is 0.0994. The van der Waals surface area contributed by atoms with Crippen molar-refractivity contribution >= 4 is 29.1 Å². The van der Waals surface area contributed by atoms with Gasteiger partial charge in [0.1, 0.15) is 0 Å². The van der Waals surface area contributed by atoms with Gasteiger partial charge in [-0.25, -0.2) is 4.98 Å². The summed E-state index contributed by atoms with van der Waals surface area (Å²) >= 11 is 7.33. The number of carbonyl (C=O) groups excluding carboxylic acids is 1. The lowest BCUT2D eigenvalue weighted by atomic mass is 10.1. The Hall–Kier alpha value is -1.32. The first-order valence-corrected chi connectivity index (χ1v) is 6.80. The first-order chi connectivity index (χ1) is 8.66. The van der Waals surface area contributed by atoms with Crippen LogP contribution in [0.4, 0.5) is 0 Å². The van der Waals surface area contributed by atoms with Crippen LogP contribution in [0, 0.1) is 0 Å². The summed E-state index contributed by atoms with van der Waals surface area (Å²) in [6.07, 6.45) is 1.72. The van der Waals surface area contributed by atoms with Crippen LogP contribution in [0.1, 0.15) is 17.3 Å². The zero-order valence-corrected chi connectivity index (χ0v) is 11.4. The monoisotopic (exact) mass is 277 g/mol. The number of benzene rings is 1. The van der Waals surface area contributed by atoms with E-state index < -0.39 is 0 Å². The summed E-state index contributed by atoms with van der Waals surface area (Å²) in [6, 6.07) is 12.7. The third-order valence-electron chi connectivity index (χ3n) is 2.41. The highest BCUT2D eigenvalue weighted by molar-refractivity contribution is 8.00. The van der Waals surface area contributed by atoms with Gasteiger partial charge in [0.2, 0.25) is 0 Å². The Labute approximate surface area is 115 Å². The highest BCUT2D eigenvalue weighted by Crippen LogP contribution is 2.24. The van der Waals surface area contributed by atoms with E-state index in [1.165, 1.54) is 11.8 Å². The molecular formula is C14H12ClNOS. The van der Waals surface area contributed by atoms with E-state index in [1.54, 1.807) is 30.5 Å². The summed E-state index contributed by atoms with van der Waals surface area (Å²) in [7, 11) is 0. The highest BCUT2D eigenvalue weighted by Gasteiger charge is 2.17. The fourth-order valence-corrected chi connectivity index (χ4v) is 2.60. The average Bonchev–Trinajstić information content (AvgIpc) is 2.39. The lowest BCUT2D eigenvalue weighted by Crippen LogP contribution is -2.13. The van der Waals surface area contributed by atoms with Crippen LogP contribution in [-0.4, -0.2) is 16.0 Å². The van der Waals surface area contributed by atoms with Gasteiger partial charge in [-0.05, 0) is 31.2 Å². The van der Waals surface area contributed by atoms with Crippen molar-refractivity contribution in [2.45, 2.75) is 17.2 Å². The van der Waals surface area contributed by atoms with Gasteiger partial charge in [0, 0.05) is 16.8 Å². The molecule has 2 rings (SSSR count). The van der Waals surface area contributed by atoms with Gasteiger partial charge < -0.3 is 0 Å². The fourth-order valence-electron chi connectivity index (χ4n) is 1.53. The smallest absolute Gasteiger partial charge is 0.175 e. The molecule has 0 fully saturated rings. The third kappa shape index (κ3) is 3.34. The van der Waals surface area contributed by atoms with Gasteiger partial charge in [-0.15, -0.1) is 0 Å². The SMILES string of the molecule is CC(Sc1ccccn1)C(=O)c1cccc(Cl)c1. The molecule has 1 aromatic carbocycles. The minimum atomic E-state index is -0.182. The predicted octanol–water partition coefficient (Wildman–Crippen LogP) is 4.10. The molecule has 0 aliphatic rings. The van der Waals surface area contributed by atoms with Crippen molar-refractivity contribution in [3.8, 4) is 0 Å². The number of hydrogen-bond donors (Lipinski definition) is 0. The van der Waals surface area contributed by atoms with E-state index >= 15 is 0 Å². The van der Waals surface area contributed by atoms with Crippen LogP contribution in [0.15, 0.2) is 53.7 Å². The second kappa shape index (κ2) is 6.03. The van der Waals surface area contributed by atoms with E-state index in [2.05, 4.69) is 4.98 Å². The standard InChI is InChI=1S/C14H12ClNOS/c1-10(18-13-7-2-3-8-16-13)14(17)11-5-4-6-12(15)9-11/h2-10H,1H3. The molecule has 1 aromatic heterocycles. The van der Waals surface area contributed by atoms with Crippen LogP contribution in [0.2, 0.25) is 5.02 Å². The zero-order valence-electron chi connectivity index (χ0n) is 9.84. The first-order valence-electron chi connectivity index (χ1n) is 5.54. The number of carbonyl (C=O) groups is 1. The molecule has 2 aromatic rings. The topological polar surface area (TPSA) is 30.0 Å². The van der Waals surface area contributed by atoms with E-state index in [-0.39, 0.29) is 11.0 Å². The van der Waals surface area contributed by atoms with Gasteiger partial charge in [0.15, 0.2) is 5.78 Å². The van der Waals surface area contributed by atoms with Crippen molar-refractivity contribution in [3.05, 3.63) is 59.2 Å². The number of rotatable bonds is 4. The molecule has 1 unspecified atom stereocenters. The van der Waals surface area contributed by atoms with Gasteiger partial charge in [-0.3, -0.25) is 4.79 Å². The molecule has 4 heteroatoms. The maximum Gasteiger partial charge on any atom is 0.175 e. The number of pyridine rings is 1. The average molecular weight is 278 g/mol. The molecule has 0 saturated carbocycles. The molecule has 0 aliphatic heterocycles. The minimum absolute atomic E-state index is 0.0631. The second-order valence-corrected chi connectivity index (χ2v) is 5.60. The molecule has 0 saturated heterocycles. The first kappa shape index (κ1) is 13.1. The van der Waals surface area contributed by atoms with Crippen LogP contribution in [0.25, 0.3) is 0 Å². The predicted molar refractivity (Wildman–Crippen MR) is 75.3 cm³/mol. The van der Waals surface area contributed by atoms with Crippen molar-refractivity contribution in [1.29, 1.82) is 0 Å². The molecular weight excluding hydrogens is 266 g/mol. The molecule has 18 heavy (non-hydrogen) atoms. The number of thioether (sulfide) groups is 1. The van der Waals surface area contributed by atoms with E-state index in [4.69, 9.17) is 11.6 Å². The zero-order chi connectivity index (χ0) is 13.0. The molecule has 0 amide bonds. The minimum Gasteiger partial charge on any atom is -0.293 e. The molecule has 0 bridgehead atoms. The molecule has 0 aliphatic carbocycles. The fraction of sp³-hybridized carbons (Fsp3) is 0.143. The van der Waals surface area contributed by atoms with Crippen molar-refractivity contribution in [3.63, 3.8) is 0 Å². The maximum absolute atomic E-state index is 12.2. The molecule has 92 valence electrons. The Morgan fingerprint density at radius 3 is 2.78 bits per heavy atom.